The predicted octanol–water partition coefficient (Wildman–Crippen LogP) is -0.189. The van der Waals surface area contributed by atoms with Gasteiger partial charge in [0, 0.05) is 26.1 Å². The van der Waals surface area contributed by atoms with E-state index in [2.05, 4.69) is 29.2 Å². The molecule has 0 aromatic carbocycles. The summed E-state index contributed by atoms with van der Waals surface area (Å²) in [5, 5.41) is 17.2. The number of aromatic nitrogens is 3. The number of aliphatic hydroxyl groups is 1. The lowest BCUT2D eigenvalue weighted by atomic mass is 9.93. The molecule has 5 heteroatoms. The molecule has 2 rings (SSSR count). The van der Waals surface area contributed by atoms with Crippen molar-refractivity contribution in [2.75, 3.05) is 13.1 Å². The Balaban J connectivity index is 2.04. The lowest BCUT2D eigenvalue weighted by molar-refractivity contribution is -0.0116. The van der Waals surface area contributed by atoms with Crippen LogP contribution in [0.5, 0.6) is 0 Å². The molecule has 1 aliphatic rings. The van der Waals surface area contributed by atoms with Crippen molar-refractivity contribution in [3.63, 3.8) is 0 Å². The van der Waals surface area contributed by atoms with Gasteiger partial charge in [-0.3, -0.25) is 0 Å². The van der Waals surface area contributed by atoms with Gasteiger partial charge in [-0.05, 0) is 5.92 Å². The van der Waals surface area contributed by atoms with E-state index in [1.807, 2.05) is 4.68 Å². The second-order valence-corrected chi connectivity index (χ2v) is 4.76. The molecule has 5 nitrogen and oxygen atoms in total. The molecule has 0 radical (unpaired) electrons. The van der Waals surface area contributed by atoms with Crippen LogP contribution >= 0.6 is 0 Å². The van der Waals surface area contributed by atoms with E-state index in [0.29, 0.717) is 25.4 Å². The molecular formula is C10H18N4O. The molecule has 1 saturated heterocycles. The maximum atomic E-state index is 10.00. The Morgan fingerprint density at radius 1 is 1.60 bits per heavy atom. The van der Waals surface area contributed by atoms with Crippen molar-refractivity contribution in [2.24, 2.45) is 5.92 Å². The van der Waals surface area contributed by atoms with Gasteiger partial charge < -0.3 is 10.4 Å². The largest absolute Gasteiger partial charge is 0.387 e. The Bertz CT molecular complexity index is 330. The quantitative estimate of drug-likeness (QED) is 0.723. The summed E-state index contributed by atoms with van der Waals surface area (Å²) >= 11 is 0. The molecule has 15 heavy (non-hydrogen) atoms. The van der Waals surface area contributed by atoms with Crippen LogP contribution in [0.25, 0.3) is 0 Å². The fraction of sp³-hybridized carbons (Fsp3) is 0.800. The van der Waals surface area contributed by atoms with E-state index >= 15 is 0 Å². The maximum Gasteiger partial charge on any atom is 0.138 e. The third-order valence-electron chi connectivity index (χ3n) is 2.63. The van der Waals surface area contributed by atoms with Crippen molar-refractivity contribution in [3.8, 4) is 0 Å². The van der Waals surface area contributed by atoms with Crippen LogP contribution in [-0.2, 0) is 13.0 Å². The number of nitrogens with zero attached hydrogens (tertiary/aromatic N) is 3. The topological polar surface area (TPSA) is 63.0 Å². The Hall–Kier alpha value is -0.940. The van der Waals surface area contributed by atoms with Gasteiger partial charge in [-0.25, -0.2) is 9.67 Å². The summed E-state index contributed by atoms with van der Waals surface area (Å²) in [6, 6.07) is 0. The molecule has 1 fully saturated rings. The van der Waals surface area contributed by atoms with Crippen LogP contribution in [0.3, 0.4) is 0 Å². The molecular weight excluding hydrogens is 192 g/mol. The first-order valence-electron chi connectivity index (χ1n) is 5.39. The Labute approximate surface area is 89.5 Å². The minimum absolute atomic E-state index is 0.541. The van der Waals surface area contributed by atoms with Crippen molar-refractivity contribution in [2.45, 2.75) is 32.4 Å². The molecule has 84 valence electrons. The van der Waals surface area contributed by atoms with Crippen molar-refractivity contribution >= 4 is 0 Å². The van der Waals surface area contributed by atoms with Gasteiger partial charge in [0.25, 0.3) is 0 Å². The first-order valence-corrected chi connectivity index (χ1v) is 5.39. The molecule has 0 spiro atoms. The van der Waals surface area contributed by atoms with Crippen LogP contribution in [0.4, 0.5) is 0 Å². The van der Waals surface area contributed by atoms with Crippen LogP contribution in [0, 0.1) is 5.92 Å². The highest BCUT2D eigenvalue weighted by Crippen LogP contribution is 2.16. The molecule has 0 saturated carbocycles. The first-order chi connectivity index (χ1) is 7.09. The highest BCUT2D eigenvalue weighted by molar-refractivity contribution is 5.02. The normalized spacial score (nSPS) is 19.2. The van der Waals surface area contributed by atoms with Crippen LogP contribution in [0.2, 0.25) is 0 Å². The van der Waals surface area contributed by atoms with Crippen LogP contribution < -0.4 is 5.32 Å². The molecule has 0 atom stereocenters. The maximum absolute atomic E-state index is 10.00. The van der Waals surface area contributed by atoms with Crippen molar-refractivity contribution < 1.29 is 5.11 Å². The Morgan fingerprint density at radius 2 is 2.33 bits per heavy atom. The van der Waals surface area contributed by atoms with Gasteiger partial charge in [0.2, 0.25) is 0 Å². The number of hydrogen-bond acceptors (Lipinski definition) is 4. The van der Waals surface area contributed by atoms with Gasteiger partial charge in [0.05, 0.1) is 5.60 Å². The number of nitrogens with one attached hydrogen (secondary N) is 1. The van der Waals surface area contributed by atoms with Crippen LogP contribution in [0.15, 0.2) is 6.33 Å². The molecule has 1 aliphatic heterocycles. The molecule has 1 aromatic heterocycles. The average molecular weight is 210 g/mol. The van der Waals surface area contributed by atoms with Gasteiger partial charge in [-0.1, -0.05) is 13.8 Å². The minimum Gasteiger partial charge on any atom is -0.387 e. The molecule has 2 heterocycles. The molecule has 0 amide bonds. The monoisotopic (exact) mass is 210 g/mol. The Morgan fingerprint density at radius 3 is 2.87 bits per heavy atom. The van der Waals surface area contributed by atoms with E-state index in [-0.39, 0.29) is 0 Å². The van der Waals surface area contributed by atoms with E-state index in [0.717, 1.165) is 12.4 Å². The third kappa shape index (κ3) is 2.35. The van der Waals surface area contributed by atoms with Gasteiger partial charge in [-0.15, -0.1) is 0 Å². The van der Waals surface area contributed by atoms with Gasteiger partial charge >= 0.3 is 0 Å². The molecule has 0 aliphatic carbocycles. The second kappa shape index (κ2) is 3.90. The molecule has 1 aromatic rings. The van der Waals surface area contributed by atoms with Crippen LogP contribution in [-0.4, -0.2) is 38.6 Å². The highest BCUT2D eigenvalue weighted by atomic mass is 16.3. The number of hydrogen-bond donors (Lipinski definition) is 2. The van der Waals surface area contributed by atoms with Gasteiger partial charge in [0.1, 0.15) is 12.2 Å². The summed E-state index contributed by atoms with van der Waals surface area (Å²) in [5.41, 5.74) is -0.609. The fourth-order valence-corrected chi connectivity index (χ4v) is 1.76. The lowest BCUT2D eigenvalue weighted by Crippen LogP contribution is -2.61. The van der Waals surface area contributed by atoms with Gasteiger partial charge in [-0.2, -0.15) is 5.10 Å². The Kier molecular flexibility index (Phi) is 2.75. The SMILES string of the molecule is CC(C)Cn1ncnc1CC1(O)CNC1. The zero-order valence-electron chi connectivity index (χ0n) is 9.27. The fourth-order valence-electron chi connectivity index (χ4n) is 1.76. The van der Waals surface area contributed by atoms with E-state index in [4.69, 9.17) is 0 Å². The van der Waals surface area contributed by atoms with Crippen LogP contribution in [0.1, 0.15) is 19.7 Å². The smallest absolute Gasteiger partial charge is 0.138 e. The van der Waals surface area contributed by atoms with E-state index < -0.39 is 5.60 Å². The molecule has 0 unspecified atom stereocenters. The number of rotatable bonds is 4. The predicted molar refractivity (Wildman–Crippen MR) is 56.4 cm³/mol. The van der Waals surface area contributed by atoms with Crippen molar-refractivity contribution in [3.05, 3.63) is 12.2 Å². The summed E-state index contributed by atoms with van der Waals surface area (Å²) in [6.45, 7) is 6.46. The zero-order valence-corrected chi connectivity index (χ0v) is 9.27. The number of β-amino-alcohol motifs (C(OH)–C–C–N with tert-alkyl or cyclic N) is 1. The lowest BCUT2D eigenvalue weighted by Gasteiger charge is -2.37. The summed E-state index contributed by atoms with van der Waals surface area (Å²) < 4.78 is 1.89. The molecule has 0 bridgehead atoms. The van der Waals surface area contributed by atoms with Crippen molar-refractivity contribution in [1.29, 1.82) is 0 Å². The van der Waals surface area contributed by atoms with E-state index in [1.54, 1.807) is 6.33 Å². The summed E-state index contributed by atoms with van der Waals surface area (Å²) in [6.07, 6.45) is 2.15. The summed E-state index contributed by atoms with van der Waals surface area (Å²) in [4.78, 5) is 4.20. The summed E-state index contributed by atoms with van der Waals surface area (Å²) in [5.74, 6) is 1.42. The van der Waals surface area contributed by atoms with Gasteiger partial charge in [0.15, 0.2) is 0 Å². The first kappa shape index (κ1) is 10.6. The zero-order chi connectivity index (χ0) is 10.9. The minimum atomic E-state index is -0.609. The summed E-state index contributed by atoms with van der Waals surface area (Å²) in [7, 11) is 0. The third-order valence-corrected chi connectivity index (χ3v) is 2.63. The average Bonchev–Trinajstić information content (AvgIpc) is 2.49. The van der Waals surface area contributed by atoms with Crippen molar-refractivity contribution in [1.82, 2.24) is 20.1 Å². The van der Waals surface area contributed by atoms with E-state index in [1.165, 1.54) is 0 Å². The highest BCUT2D eigenvalue weighted by Gasteiger charge is 2.35. The molecule has 2 N–H and O–H groups in total. The van der Waals surface area contributed by atoms with E-state index in [9.17, 15) is 5.11 Å². The second-order valence-electron chi connectivity index (χ2n) is 4.76. The standard InChI is InChI=1S/C10H18N4O/c1-8(2)4-14-9(12-7-13-14)3-10(15)5-11-6-10/h7-8,11,15H,3-6H2,1-2H3.